The highest BCUT2D eigenvalue weighted by molar-refractivity contribution is 9.08. The Labute approximate surface area is 108 Å². The second kappa shape index (κ2) is 6.38. The average Bonchev–Trinajstić information content (AvgIpc) is 2.34. The van der Waals surface area contributed by atoms with Crippen LogP contribution in [0.1, 0.15) is 34.0 Å². The van der Waals surface area contributed by atoms with Gasteiger partial charge in [-0.05, 0) is 30.2 Å². The third kappa shape index (κ3) is 3.29. The Morgan fingerprint density at radius 1 is 1.59 bits per heavy atom. The molecule has 2 N–H and O–H groups in total. The van der Waals surface area contributed by atoms with Gasteiger partial charge in [0.05, 0.1) is 18.2 Å². The minimum atomic E-state index is -0.541. The summed E-state index contributed by atoms with van der Waals surface area (Å²) in [5, 5.41) is 9.58. The normalized spacial score (nSPS) is 9.94. The summed E-state index contributed by atoms with van der Waals surface area (Å²) in [7, 11) is 0. The first-order valence-electron chi connectivity index (χ1n) is 5.13. The summed E-state index contributed by atoms with van der Waals surface area (Å²) < 4.78 is 5.31. The molecule has 0 aliphatic carbocycles. The second-order valence-corrected chi connectivity index (χ2v) is 3.97. The Hall–Kier alpha value is -1.38. The molecule has 0 bridgehead atoms. The van der Waals surface area contributed by atoms with Gasteiger partial charge in [-0.25, -0.2) is 0 Å². The van der Waals surface area contributed by atoms with E-state index < -0.39 is 5.91 Å². The van der Waals surface area contributed by atoms with E-state index >= 15 is 0 Å². The summed E-state index contributed by atoms with van der Waals surface area (Å²) in [6.07, 6.45) is 0. The van der Waals surface area contributed by atoms with E-state index in [4.69, 9.17) is 15.7 Å². The van der Waals surface area contributed by atoms with E-state index in [0.717, 1.165) is 11.1 Å². The number of nitriles is 1. The minimum Gasteiger partial charge on any atom is -0.377 e. The first-order valence-corrected chi connectivity index (χ1v) is 6.25. The molecule has 0 heterocycles. The van der Waals surface area contributed by atoms with Crippen molar-refractivity contribution in [2.24, 2.45) is 5.73 Å². The standard InChI is InChI=1S/C12H13BrN2O2/c1-2-17-7-10-4-8(12(15)16)3-9(6-14)11(10)5-13/h3-4H,2,5,7H2,1H3,(H2,15,16). The van der Waals surface area contributed by atoms with Crippen LogP contribution >= 0.6 is 15.9 Å². The monoisotopic (exact) mass is 296 g/mol. The summed E-state index contributed by atoms with van der Waals surface area (Å²) in [5.41, 5.74) is 7.67. The van der Waals surface area contributed by atoms with Crippen molar-refractivity contribution in [1.82, 2.24) is 0 Å². The predicted molar refractivity (Wildman–Crippen MR) is 67.6 cm³/mol. The van der Waals surface area contributed by atoms with Crippen molar-refractivity contribution < 1.29 is 9.53 Å². The molecule has 0 aliphatic heterocycles. The summed E-state index contributed by atoms with van der Waals surface area (Å²) >= 11 is 3.33. The van der Waals surface area contributed by atoms with Crippen molar-refractivity contribution in [2.75, 3.05) is 6.61 Å². The predicted octanol–water partition coefficient (Wildman–Crippen LogP) is 2.09. The Bertz CT molecular complexity index is 466. The zero-order valence-corrected chi connectivity index (χ0v) is 11.1. The van der Waals surface area contributed by atoms with Crippen molar-refractivity contribution in [3.63, 3.8) is 0 Å². The molecule has 0 unspecified atom stereocenters. The van der Waals surface area contributed by atoms with Crippen molar-refractivity contribution >= 4 is 21.8 Å². The minimum absolute atomic E-state index is 0.334. The molecule has 1 aromatic rings. The van der Waals surface area contributed by atoms with Crippen molar-refractivity contribution in [3.05, 3.63) is 34.4 Å². The molecular formula is C12H13BrN2O2. The highest BCUT2D eigenvalue weighted by Gasteiger charge is 2.12. The van der Waals surface area contributed by atoms with Gasteiger partial charge in [-0.15, -0.1) is 0 Å². The number of primary amides is 1. The van der Waals surface area contributed by atoms with Crippen LogP contribution in [-0.2, 0) is 16.7 Å². The van der Waals surface area contributed by atoms with Crippen LogP contribution in [0.3, 0.4) is 0 Å². The van der Waals surface area contributed by atoms with E-state index in [1.54, 1.807) is 6.07 Å². The zero-order valence-electron chi connectivity index (χ0n) is 9.50. The number of hydrogen-bond acceptors (Lipinski definition) is 3. The maximum atomic E-state index is 11.2. The first kappa shape index (κ1) is 13.7. The number of alkyl halides is 1. The molecule has 0 aromatic heterocycles. The quantitative estimate of drug-likeness (QED) is 0.845. The lowest BCUT2D eigenvalue weighted by molar-refractivity contribution is 0.0999. The van der Waals surface area contributed by atoms with Crippen LogP contribution in [0.2, 0.25) is 0 Å². The van der Waals surface area contributed by atoms with Crippen LogP contribution in [-0.4, -0.2) is 12.5 Å². The van der Waals surface area contributed by atoms with Gasteiger partial charge in [0.25, 0.3) is 0 Å². The molecular weight excluding hydrogens is 284 g/mol. The van der Waals surface area contributed by atoms with Crippen LogP contribution < -0.4 is 5.73 Å². The van der Waals surface area contributed by atoms with Gasteiger partial charge in [0.15, 0.2) is 0 Å². The van der Waals surface area contributed by atoms with Crippen molar-refractivity contribution in [1.29, 1.82) is 5.26 Å². The summed E-state index contributed by atoms with van der Waals surface area (Å²) in [6, 6.07) is 5.25. The maximum absolute atomic E-state index is 11.2. The molecule has 5 heteroatoms. The van der Waals surface area contributed by atoms with Gasteiger partial charge in [0.2, 0.25) is 5.91 Å². The van der Waals surface area contributed by atoms with Crippen LogP contribution in [0.25, 0.3) is 0 Å². The van der Waals surface area contributed by atoms with E-state index in [1.807, 2.05) is 6.92 Å². The van der Waals surface area contributed by atoms with Gasteiger partial charge in [-0.2, -0.15) is 5.26 Å². The third-order valence-electron chi connectivity index (χ3n) is 2.34. The van der Waals surface area contributed by atoms with Crippen molar-refractivity contribution in [3.8, 4) is 6.07 Å². The smallest absolute Gasteiger partial charge is 0.248 e. The molecule has 0 atom stereocenters. The Morgan fingerprint density at radius 3 is 2.76 bits per heavy atom. The number of hydrogen-bond donors (Lipinski definition) is 1. The number of carbonyl (C=O) groups excluding carboxylic acids is 1. The fraction of sp³-hybridized carbons (Fsp3) is 0.333. The van der Waals surface area contributed by atoms with Gasteiger partial charge in [-0.1, -0.05) is 15.9 Å². The number of halogens is 1. The topological polar surface area (TPSA) is 76.1 Å². The Morgan fingerprint density at radius 2 is 2.29 bits per heavy atom. The van der Waals surface area contributed by atoms with Crippen LogP contribution in [0.15, 0.2) is 12.1 Å². The molecule has 1 aromatic carbocycles. The molecule has 1 amide bonds. The lowest BCUT2D eigenvalue weighted by atomic mass is 9.99. The highest BCUT2D eigenvalue weighted by atomic mass is 79.9. The number of benzene rings is 1. The van der Waals surface area contributed by atoms with Crippen molar-refractivity contribution in [2.45, 2.75) is 18.9 Å². The molecule has 90 valence electrons. The highest BCUT2D eigenvalue weighted by Crippen LogP contribution is 2.21. The molecule has 0 radical (unpaired) electrons. The van der Waals surface area contributed by atoms with E-state index in [9.17, 15) is 4.79 Å². The largest absolute Gasteiger partial charge is 0.377 e. The molecule has 0 saturated heterocycles. The van der Waals surface area contributed by atoms with Gasteiger partial charge < -0.3 is 10.5 Å². The Balaban J connectivity index is 3.28. The molecule has 1 rings (SSSR count). The fourth-order valence-corrected chi connectivity index (χ4v) is 2.13. The second-order valence-electron chi connectivity index (χ2n) is 3.41. The van der Waals surface area contributed by atoms with Gasteiger partial charge in [0.1, 0.15) is 0 Å². The molecule has 0 fully saturated rings. The zero-order chi connectivity index (χ0) is 12.8. The molecule has 0 saturated carbocycles. The lowest BCUT2D eigenvalue weighted by Gasteiger charge is -2.11. The number of nitrogens with zero attached hydrogens (tertiary/aromatic N) is 1. The summed E-state index contributed by atoms with van der Waals surface area (Å²) in [6.45, 7) is 2.83. The number of ether oxygens (including phenoxy) is 1. The van der Waals surface area contributed by atoms with Gasteiger partial charge in [0, 0.05) is 17.5 Å². The van der Waals surface area contributed by atoms with E-state index in [1.165, 1.54) is 6.07 Å². The number of carbonyl (C=O) groups is 1. The molecule has 17 heavy (non-hydrogen) atoms. The Kier molecular flexibility index (Phi) is 5.13. The average molecular weight is 297 g/mol. The maximum Gasteiger partial charge on any atom is 0.248 e. The fourth-order valence-electron chi connectivity index (χ4n) is 1.47. The summed E-state index contributed by atoms with van der Waals surface area (Å²) in [4.78, 5) is 11.2. The third-order valence-corrected chi connectivity index (χ3v) is 2.90. The van der Waals surface area contributed by atoms with E-state index in [-0.39, 0.29) is 0 Å². The van der Waals surface area contributed by atoms with Crippen LogP contribution in [0.5, 0.6) is 0 Å². The molecule has 4 nitrogen and oxygen atoms in total. The molecule has 0 spiro atoms. The number of amides is 1. The van der Waals surface area contributed by atoms with Gasteiger partial charge in [-0.3, -0.25) is 4.79 Å². The van der Waals surface area contributed by atoms with Crippen LogP contribution in [0, 0.1) is 11.3 Å². The summed E-state index contributed by atoms with van der Waals surface area (Å²) in [5.74, 6) is -0.541. The molecule has 0 aliphatic rings. The SMILES string of the molecule is CCOCc1cc(C(N)=O)cc(C#N)c1CBr. The van der Waals surface area contributed by atoms with Gasteiger partial charge >= 0.3 is 0 Å². The number of nitrogens with two attached hydrogens (primary N) is 1. The van der Waals surface area contributed by atoms with Crippen LogP contribution in [0.4, 0.5) is 0 Å². The first-order chi connectivity index (χ1) is 8.13. The number of rotatable bonds is 5. The lowest BCUT2D eigenvalue weighted by Crippen LogP contribution is -2.13. The van der Waals surface area contributed by atoms with E-state index in [2.05, 4.69) is 22.0 Å². The van der Waals surface area contributed by atoms with E-state index in [0.29, 0.717) is 29.7 Å².